The van der Waals surface area contributed by atoms with Gasteiger partial charge in [0.1, 0.15) is 5.82 Å². The molecule has 0 amide bonds. The van der Waals surface area contributed by atoms with Crippen molar-refractivity contribution in [2.24, 2.45) is 10.9 Å². The quantitative estimate of drug-likeness (QED) is 0.669. The average Bonchev–Trinajstić information content (AvgIpc) is 2.92. The molecule has 2 aliphatic heterocycles. The van der Waals surface area contributed by atoms with Gasteiger partial charge >= 0.3 is 0 Å². The molecule has 116 valence electrons. The van der Waals surface area contributed by atoms with E-state index in [1.807, 2.05) is 7.05 Å². The lowest BCUT2D eigenvalue weighted by atomic mass is 10.00. The van der Waals surface area contributed by atoms with E-state index < -0.39 is 0 Å². The molecule has 0 radical (unpaired) electrons. The second kappa shape index (κ2) is 6.50. The van der Waals surface area contributed by atoms with Crippen molar-refractivity contribution in [3.05, 3.63) is 17.7 Å². The third-order valence-electron chi connectivity index (χ3n) is 4.68. The summed E-state index contributed by atoms with van der Waals surface area (Å²) < 4.78 is 2.31. The predicted octanol–water partition coefficient (Wildman–Crippen LogP) is 2.03. The molecule has 0 saturated carbocycles. The lowest BCUT2D eigenvalue weighted by Crippen LogP contribution is -2.45. The van der Waals surface area contributed by atoms with Gasteiger partial charge in [-0.25, -0.2) is 4.98 Å². The van der Waals surface area contributed by atoms with Crippen LogP contribution in [0.2, 0.25) is 0 Å². The van der Waals surface area contributed by atoms with E-state index in [9.17, 15) is 0 Å². The zero-order valence-corrected chi connectivity index (χ0v) is 13.3. The second-order valence-electron chi connectivity index (χ2n) is 6.37. The maximum atomic E-state index is 4.74. The van der Waals surface area contributed by atoms with Crippen molar-refractivity contribution >= 4 is 5.96 Å². The van der Waals surface area contributed by atoms with E-state index in [1.165, 1.54) is 31.5 Å². The fourth-order valence-electron chi connectivity index (χ4n) is 3.28. The number of imidazole rings is 1. The summed E-state index contributed by atoms with van der Waals surface area (Å²) in [6.45, 7) is 6.46. The standard InChI is InChI=1S/C16H27N5/c1-13-6-9-20(10-7-13)16(17-2)18-11-14-12-21-8-4-3-5-15(21)19-14/h12-13H,3-11H2,1-2H3,(H,17,18). The van der Waals surface area contributed by atoms with E-state index in [-0.39, 0.29) is 0 Å². The minimum absolute atomic E-state index is 0.777. The van der Waals surface area contributed by atoms with Gasteiger partial charge in [0.25, 0.3) is 0 Å². The lowest BCUT2D eigenvalue weighted by Gasteiger charge is -2.32. The van der Waals surface area contributed by atoms with Gasteiger partial charge in [0.2, 0.25) is 0 Å². The molecule has 1 N–H and O–H groups in total. The highest BCUT2D eigenvalue weighted by atomic mass is 15.3. The zero-order chi connectivity index (χ0) is 14.7. The molecule has 0 aliphatic carbocycles. The summed E-state index contributed by atoms with van der Waals surface area (Å²) in [5.74, 6) is 3.12. The predicted molar refractivity (Wildman–Crippen MR) is 85.3 cm³/mol. The highest BCUT2D eigenvalue weighted by Gasteiger charge is 2.19. The Hall–Kier alpha value is -1.52. The SMILES string of the molecule is CN=C(NCc1cn2c(n1)CCCC2)N1CCC(C)CC1. The number of guanidine groups is 1. The normalized spacial score (nSPS) is 20.5. The third kappa shape index (κ3) is 3.39. The Kier molecular flexibility index (Phi) is 4.46. The lowest BCUT2D eigenvalue weighted by molar-refractivity contribution is 0.273. The molecule has 0 aromatic carbocycles. The first-order chi connectivity index (χ1) is 10.3. The minimum atomic E-state index is 0.777. The first kappa shape index (κ1) is 14.4. The molecular formula is C16H27N5. The van der Waals surface area contributed by atoms with Crippen LogP contribution in [0.15, 0.2) is 11.2 Å². The summed E-state index contributed by atoms with van der Waals surface area (Å²) >= 11 is 0. The molecule has 0 spiro atoms. The molecule has 0 bridgehead atoms. The van der Waals surface area contributed by atoms with Crippen molar-refractivity contribution in [1.29, 1.82) is 0 Å². The third-order valence-corrected chi connectivity index (χ3v) is 4.68. The van der Waals surface area contributed by atoms with Gasteiger partial charge in [-0.15, -0.1) is 0 Å². The number of hydrogen-bond acceptors (Lipinski definition) is 2. The number of nitrogens with one attached hydrogen (secondary N) is 1. The van der Waals surface area contributed by atoms with Crippen LogP contribution in [0.25, 0.3) is 0 Å². The molecule has 0 atom stereocenters. The van der Waals surface area contributed by atoms with E-state index >= 15 is 0 Å². The Bertz CT molecular complexity index is 473. The van der Waals surface area contributed by atoms with Crippen molar-refractivity contribution in [2.75, 3.05) is 20.1 Å². The number of rotatable bonds is 2. The summed E-state index contributed by atoms with van der Waals surface area (Å²) in [4.78, 5) is 11.5. The van der Waals surface area contributed by atoms with Gasteiger partial charge in [0.05, 0.1) is 12.2 Å². The molecule has 1 saturated heterocycles. The Balaban J connectivity index is 1.56. The van der Waals surface area contributed by atoms with Crippen LogP contribution in [0.1, 0.15) is 44.1 Å². The highest BCUT2D eigenvalue weighted by molar-refractivity contribution is 5.79. The highest BCUT2D eigenvalue weighted by Crippen LogP contribution is 2.17. The largest absolute Gasteiger partial charge is 0.351 e. The van der Waals surface area contributed by atoms with Gasteiger partial charge in [-0.1, -0.05) is 6.92 Å². The Morgan fingerprint density at radius 3 is 2.86 bits per heavy atom. The maximum absolute atomic E-state index is 4.74. The minimum Gasteiger partial charge on any atom is -0.351 e. The van der Waals surface area contributed by atoms with E-state index in [0.29, 0.717) is 0 Å². The number of piperidine rings is 1. The molecular weight excluding hydrogens is 262 g/mol. The van der Waals surface area contributed by atoms with Crippen molar-refractivity contribution in [3.8, 4) is 0 Å². The summed E-state index contributed by atoms with van der Waals surface area (Å²) in [5.41, 5.74) is 1.14. The number of aryl methyl sites for hydroxylation is 2. The van der Waals surface area contributed by atoms with Crippen LogP contribution in [0.4, 0.5) is 0 Å². The smallest absolute Gasteiger partial charge is 0.193 e. The molecule has 5 heteroatoms. The summed E-state index contributed by atoms with van der Waals surface area (Å²) in [6, 6.07) is 0. The molecule has 3 rings (SSSR count). The molecule has 5 nitrogen and oxygen atoms in total. The van der Waals surface area contributed by atoms with Crippen LogP contribution in [0.5, 0.6) is 0 Å². The van der Waals surface area contributed by atoms with Crippen molar-refractivity contribution in [3.63, 3.8) is 0 Å². The van der Waals surface area contributed by atoms with Crippen LogP contribution in [-0.2, 0) is 19.5 Å². The fraction of sp³-hybridized carbons (Fsp3) is 0.750. The Morgan fingerprint density at radius 2 is 2.14 bits per heavy atom. The van der Waals surface area contributed by atoms with Gasteiger partial charge < -0.3 is 14.8 Å². The van der Waals surface area contributed by atoms with Crippen LogP contribution < -0.4 is 5.32 Å². The number of aliphatic imine (C=N–C) groups is 1. The van der Waals surface area contributed by atoms with Crippen LogP contribution in [0, 0.1) is 5.92 Å². The zero-order valence-electron chi connectivity index (χ0n) is 13.3. The number of hydrogen-bond donors (Lipinski definition) is 1. The number of aromatic nitrogens is 2. The Morgan fingerprint density at radius 1 is 1.33 bits per heavy atom. The van der Waals surface area contributed by atoms with E-state index in [4.69, 9.17) is 4.98 Å². The Labute approximate surface area is 127 Å². The van der Waals surface area contributed by atoms with E-state index in [2.05, 4.69) is 32.9 Å². The number of nitrogens with zero attached hydrogens (tertiary/aromatic N) is 4. The maximum Gasteiger partial charge on any atom is 0.193 e. The van der Waals surface area contributed by atoms with Gasteiger partial charge in [0, 0.05) is 39.3 Å². The molecule has 2 aliphatic rings. The van der Waals surface area contributed by atoms with Crippen molar-refractivity contribution in [2.45, 2.75) is 52.1 Å². The number of likely N-dealkylation sites (tertiary alicyclic amines) is 1. The fourth-order valence-corrected chi connectivity index (χ4v) is 3.28. The first-order valence-electron chi connectivity index (χ1n) is 8.27. The monoisotopic (exact) mass is 289 g/mol. The van der Waals surface area contributed by atoms with Crippen LogP contribution in [-0.4, -0.2) is 40.5 Å². The summed E-state index contributed by atoms with van der Waals surface area (Å²) in [7, 11) is 1.87. The van der Waals surface area contributed by atoms with E-state index in [0.717, 1.165) is 50.2 Å². The molecule has 3 heterocycles. The summed E-state index contributed by atoms with van der Waals surface area (Å²) in [6.07, 6.45) is 8.41. The molecule has 0 unspecified atom stereocenters. The van der Waals surface area contributed by atoms with Gasteiger partial charge in [-0.3, -0.25) is 4.99 Å². The van der Waals surface area contributed by atoms with Crippen LogP contribution in [0.3, 0.4) is 0 Å². The summed E-state index contributed by atoms with van der Waals surface area (Å²) in [5, 5.41) is 3.48. The van der Waals surface area contributed by atoms with Gasteiger partial charge in [0.15, 0.2) is 5.96 Å². The topological polar surface area (TPSA) is 45.5 Å². The second-order valence-corrected chi connectivity index (χ2v) is 6.37. The molecule has 1 fully saturated rings. The molecule has 1 aromatic heterocycles. The van der Waals surface area contributed by atoms with Gasteiger partial charge in [-0.2, -0.15) is 0 Å². The van der Waals surface area contributed by atoms with Crippen molar-refractivity contribution in [1.82, 2.24) is 19.8 Å². The first-order valence-corrected chi connectivity index (χ1v) is 8.27. The molecule has 1 aromatic rings. The van der Waals surface area contributed by atoms with Gasteiger partial charge in [-0.05, 0) is 31.6 Å². The number of fused-ring (bicyclic) bond motifs is 1. The molecule has 21 heavy (non-hydrogen) atoms. The van der Waals surface area contributed by atoms with Crippen LogP contribution >= 0.6 is 0 Å². The average molecular weight is 289 g/mol. The van der Waals surface area contributed by atoms with E-state index in [1.54, 1.807) is 0 Å². The van der Waals surface area contributed by atoms with Crippen molar-refractivity contribution < 1.29 is 0 Å².